The van der Waals surface area contributed by atoms with Gasteiger partial charge >= 0.3 is 0 Å². The maximum Gasteiger partial charge on any atom is 0.282 e. The van der Waals surface area contributed by atoms with Gasteiger partial charge in [-0.05, 0) is 34.1 Å². The number of rotatable bonds is 6. The van der Waals surface area contributed by atoms with E-state index in [-0.39, 0.29) is 17.0 Å². The van der Waals surface area contributed by atoms with E-state index in [4.69, 9.17) is 9.47 Å². The van der Waals surface area contributed by atoms with Gasteiger partial charge < -0.3 is 9.47 Å². The number of nitro groups is 1. The van der Waals surface area contributed by atoms with Crippen molar-refractivity contribution in [3.8, 4) is 11.5 Å². The summed E-state index contributed by atoms with van der Waals surface area (Å²) in [6.45, 7) is 0. The van der Waals surface area contributed by atoms with Crippen LogP contribution in [0.1, 0.15) is 15.9 Å². The first-order valence-electron chi connectivity index (χ1n) is 6.96. The Balaban J connectivity index is 2.26. The van der Waals surface area contributed by atoms with E-state index in [0.29, 0.717) is 15.8 Å². The molecule has 0 radical (unpaired) electrons. The van der Waals surface area contributed by atoms with Crippen molar-refractivity contribution in [2.24, 2.45) is 5.10 Å². The van der Waals surface area contributed by atoms with Crippen LogP contribution in [-0.4, -0.2) is 31.3 Å². The average Bonchev–Trinajstić information content (AvgIpc) is 2.61. The van der Waals surface area contributed by atoms with Gasteiger partial charge in [0.05, 0.1) is 42.6 Å². The third-order valence-corrected chi connectivity index (χ3v) is 3.91. The van der Waals surface area contributed by atoms with Gasteiger partial charge in [-0.15, -0.1) is 0 Å². The van der Waals surface area contributed by atoms with Crippen LogP contribution in [-0.2, 0) is 0 Å². The Kier molecular flexibility index (Phi) is 6.07. The standard InChI is InChI=1S/C16H14BrN3O5/c1-24-14-7-10(13(20(22)23)8-15(14)25-2)9-18-19-16(21)11-5-3-4-6-12(11)17/h3-9H,1-2H3,(H,19,21)/b18-9+. The molecule has 2 aromatic rings. The molecule has 0 aromatic heterocycles. The number of hydrogen-bond donors (Lipinski definition) is 1. The van der Waals surface area contributed by atoms with Gasteiger partial charge in [0.15, 0.2) is 11.5 Å². The number of methoxy groups -OCH3 is 2. The molecule has 0 aliphatic heterocycles. The van der Waals surface area contributed by atoms with Gasteiger partial charge in [-0.3, -0.25) is 14.9 Å². The maximum absolute atomic E-state index is 12.1. The molecule has 0 fully saturated rings. The highest BCUT2D eigenvalue weighted by atomic mass is 79.9. The normalized spacial score (nSPS) is 10.5. The second kappa shape index (κ2) is 8.25. The summed E-state index contributed by atoms with van der Waals surface area (Å²) in [5.74, 6) is 0.0853. The van der Waals surface area contributed by atoms with Crippen molar-refractivity contribution in [2.75, 3.05) is 14.2 Å². The van der Waals surface area contributed by atoms with Crippen LogP contribution < -0.4 is 14.9 Å². The summed E-state index contributed by atoms with van der Waals surface area (Å²) in [7, 11) is 2.80. The molecular weight excluding hydrogens is 394 g/mol. The number of hydrazone groups is 1. The lowest BCUT2D eigenvalue weighted by Crippen LogP contribution is -2.18. The first-order valence-corrected chi connectivity index (χ1v) is 7.75. The van der Waals surface area contributed by atoms with Crippen molar-refractivity contribution in [1.82, 2.24) is 5.43 Å². The summed E-state index contributed by atoms with van der Waals surface area (Å²) in [5, 5.41) is 15.0. The van der Waals surface area contributed by atoms with Gasteiger partial charge in [0, 0.05) is 4.47 Å². The summed E-state index contributed by atoms with van der Waals surface area (Å²) < 4.78 is 10.8. The van der Waals surface area contributed by atoms with Crippen molar-refractivity contribution >= 4 is 33.7 Å². The van der Waals surface area contributed by atoms with Crippen LogP contribution in [0.2, 0.25) is 0 Å². The van der Waals surface area contributed by atoms with Gasteiger partial charge in [0.25, 0.3) is 11.6 Å². The lowest BCUT2D eigenvalue weighted by molar-refractivity contribution is -0.385. The third-order valence-electron chi connectivity index (χ3n) is 3.22. The number of ether oxygens (including phenoxy) is 2. The van der Waals surface area contributed by atoms with E-state index >= 15 is 0 Å². The number of amides is 1. The fourth-order valence-electron chi connectivity index (χ4n) is 2.01. The lowest BCUT2D eigenvalue weighted by Gasteiger charge is -2.08. The molecule has 8 nitrogen and oxygen atoms in total. The van der Waals surface area contributed by atoms with Crippen molar-refractivity contribution < 1.29 is 19.2 Å². The predicted octanol–water partition coefficient (Wildman–Crippen LogP) is 3.14. The van der Waals surface area contributed by atoms with Crippen LogP contribution in [0.5, 0.6) is 11.5 Å². The fourth-order valence-corrected chi connectivity index (χ4v) is 2.48. The first-order chi connectivity index (χ1) is 12.0. The Morgan fingerprint density at radius 2 is 1.88 bits per heavy atom. The summed E-state index contributed by atoms with van der Waals surface area (Å²) in [4.78, 5) is 22.7. The molecule has 0 saturated heterocycles. The summed E-state index contributed by atoms with van der Waals surface area (Å²) in [6, 6.07) is 9.46. The van der Waals surface area contributed by atoms with Crippen LogP contribution in [0.25, 0.3) is 0 Å². The topological polar surface area (TPSA) is 103 Å². The van der Waals surface area contributed by atoms with Crippen molar-refractivity contribution in [1.29, 1.82) is 0 Å². The largest absolute Gasteiger partial charge is 0.493 e. The zero-order valence-corrected chi connectivity index (χ0v) is 14.9. The molecule has 0 aliphatic rings. The van der Waals surface area contributed by atoms with Gasteiger partial charge in [-0.1, -0.05) is 12.1 Å². The number of hydrogen-bond acceptors (Lipinski definition) is 6. The Bertz CT molecular complexity index is 839. The molecule has 0 saturated carbocycles. The molecule has 9 heteroatoms. The van der Waals surface area contributed by atoms with Crippen molar-refractivity contribution in [2.45, 2.75) is 0 Å². The molecule has 2 rings (SSSR count). The number of carbonyl (C=O) groups is 1. The molecule has 1 amide bonds. The predicted molar refractivity (Wildman–Crippen MR) is 95.4 cm³/mol. The Labute approximate surface area is 151 Å². The molecule has 130 valence electrons. The minimum Gasteiger partial charge on any atom is -0.493 e. The van der Waals surface area contributed by atoms with E-state index in [2.05, 4.69) is 26.5 Å². The molecule has 0 heterocycles. The molecule has 0 spiro atoms. The molecule has 25 heavy (non-hydrogen) atoms. The molecule has 1 N–H and O–H groups in total. The summed E-state index contributed by atoms with van der Waals surface area (Å²) in [6.07, 6.45) is 1.18. The smallest absolute Gasteiger partial charge is 0.282 e. The molecule has 0 atom stereocenters. The summed E-state index contributed by atoms with van der Waals surface area (Å²) in [5.41, 5.74) is 2.65. The van der Waals surface area contributed by atoms with Crippen LogP contribution in [0.15, 0.2) is 46.0 Å². The number of nitrogens with one attached hydrogen (secondary N) is 1. The van der Waals surface area contributed by atoms with Gasteiger partial charge in [-0.2, -0.15) is 5.10 Å². The molecule has 0 bridgehead atoms. The van der Waals surface area contributed by atoms with Gasteiger partial charge in [0.2, 0.25) is 0 Å². The second-order valence-corrected chi connectivity index (χ2v) is 5.56. The quantitative estimate of drug-likeness (QED) is 0.450. The van der Waals surface area contributed by atoms with E-state index in [1.165, 1.54) is 32.6 Å². The fraction of sp³-hybridized carbons (Fsp3) is 0.125. The van der Waals surface area contributed by atoms with Gasteiger partial charge in [0.1, 0.15) is 0 Å². The zero-order valence-electron chi connectivity index (χ0n) is 13.4. The lowest BCUT2D eigenvalue weighted by atomic mass is 10.1. The SMILES string of the molecule is COc1cc(/C=N/NC(=O)c2ccccc2Br)c([N+](=O)[O-])cc1OC. The van der Waals surface area contributed by atoms with E-state index in [1.54, 1.807) is 24.3 Å². The van der Waals surface area contributed by atoms with Crippen LogP contribution >= 0.6 is 15.9 Å². The molecule has 0 unspecified atom stereocenters. The second-order valence-electron chi connectivity index (χ2n) is 4.70. The number of nitrogens with zero attached hydrogens (tertiary/aromatic N) is 2. The van der Waals surface area contributed by atoms with Crippen LogP contribution in [0.4, 0.5) is 5.69 Å². The van der Waals surface area contributed by atoms with Crippen LogP contribution in [0.3, 0.4) is 0 Å². The van der Waals surface area contributed by atoms with Crippen molar-refractivity contribution in [3.05, 3.63) is 62.1 Å². The summed E-state index contributed by atoms with van der Waals surface area (Å²) >= 11 is 3.27. The number of halogens is 1. The number of carbonyl (C=O) groups excluding carboxylic acids is 1. The monoisotopic (exact) mass is 407 g/mol. The maximum atomic E-state index is 12.1. The number of benzene rings is 2. The molecule has 0 aliphatic carbocycles. The van der Waals surface area contributed by atoms with E-state index in [1.807, 2.05) is 0 Å². The Morgan fingerprint density at radius 1 is 1.24 bits per heavy atom. The van der Waals surface area contributed by atoms with Gasteiger partial charge in [-0.25, -0.2) is 5.43 Å². The van der Waals surface area contributed by atoms with Crippen LogP contribution in [0, 0.1) is 10.1 Å². The molecule has 2 aromatic carbocycles. The minimum atomic E-state index is -0.571. The van der Waals surface area contributed by atoms with E-state index in [9.17, 15) is 14.9 Å². The minimum absolute atomic E-state index is 0.162. The number of nitro benzene ring substituents is 1. The highest BCUT2D eigenvalue weighted by Crippen LogP contribution is 2.33. The average molecular weight is 408 g/mol. The van der Waals surface area contributed by atoms with E-state index < -0.39 is 10.8 Å². The zero-order chi connectivity index (χ0) is 18.4. The Morgan fingerprint density at radius 3 is 2.48 bits per heavy atom. The Hall–Kier alpha value is -2.94. The highest BCUT2D eigenvalue weighted by molar-refractivity contribution is 9.10. The van der Waals surface area contributed by atoms with E-state index in [0.717, 1.165) is 0 Å². The third kappa shape index (κ3) is 4.32. The highest BCUT2D eigenvalue weighted by Gasteiger charge is 2.18. The molecular formula is C16H14BrN3O5. The first kappa shape index (κ1) is 18.4. The van der Waals surface area contributed by atoms with Crippen molar-refractivity contribution in [3.63, 3.8) is 0 Å².